The van der Waals surface area contributed by atoms with Crippen LogP contribution in [-0.2, 0) is 34.4 Å². The van der Waals surface area contributed by atoms with Gasteiger partial charge in [-0.1, -0.05) is 30.4 Å². The number of epoxide rings is 1. The van der Waals surface area contributed by atoms with Crippen molar-refractivity contribution in [3.8, 4) is 11.8 Å². The molecule has 2 heterocycles. The number of carbonyl (C=O) groups is 1. The number of allylic oxidation sites excluding steroid dienone is 1. The summed E-state index contributed by atoms with van der Waals surface area (Å²) in [5, 5.41) is 23.8. The number of carbonyl (C=O) groups excluding carboxylic acids is 1. The molecule has 1 saturated heterocycles. The summed E-state index contributed by atoms with van der Waals surface area (Å²) in [6, 6.07) is 7.90. The van der Waals surface area contributed by atoms with E-state index in [1.807, 2.05) is 45.0 Å². The summed E-state index contributed by atoms with van der Waals surface area (Å²) in [6.07, 6.45) is 1.56. The van der Waals surface area contributed by atoms with Gasteiger partial charge in [-0.05, 0) is 44.4 Å². The van der Waals surface area contributed by atoms with Crippen LogP contribution in [0.2, 0.25) is 0 Å². The molecule has 0 bridgehead atoms. The highest BCUT2D eigenvalue weighted by Gasteiger charge is 2.46. The molecular formula is C24H30N2O5. The van der Waals surface area contributed by atoms with Gasteiger partial charge >= 0.3 is 6.09 Å². The Kier molecular flexibility index (Phi) is 5.47. The fourth-order valence-electron chi connectivity index (χ4n) is 4.20. The number of nitrogens with zero attached hydrogens (tertiary/aromatic N) is 1. The van der Waals surface area contributed by atoms with Gasteiger partial charge in [-0.3, -0.25) is 4.57 Å². The van der Waals surface area contributed by atoms with Crippen molar-refractivity contribution in [2.24, 2.45) is 0 Å². The fourth-order valence-corrected chi connectivity index (χ4v) is 4.20. The molecule has 0 saturated carbocycles. The van der Waals surface area contributed by atoms with Gasteiger partial charge in [0.05, 0.1) is 24.4 Å². The maximum Gasteiger partial charge on any atom is 0.407 e. The van der Waals surface area contributed by atoms with E-state index in [1.165, 1.54) is 4.57 Å². The number of benzene rings is 1. The Bertz CT molecular complexity index is 990. The number of nitrogens with one attached hydrogen (secondary N) is 1. The first-order chi connectivity index (χ1) is 14.7. The molecule has 0 spiro atoms. The van der Waals surface area contributed by atoms with Gasteiger partial charge in [0.2, 0.25) is 0 Å². The second-order valence-electron chi connectivity index (χ2n) is 8.98. The summed E-state index contributed by atoms with van der Waals surface area (Å²) in [4.78, 5) is 12.3. The average molecular weight is 427 g/mol. The van der Waals surface area contributed by atoms with E-state index in [2.05, 4.69) is 11.9 Å². The lowest BCUT2D eigenvalue weighted by molar-refractivity contribution is 0.132. The largest absolute Gasteiger partial charge is 0.494 e. The first kappa shape index (κ1) is 21.3. The molecule has 2 aromatic rings. The first-order valence-electron chi connectivity index (χ1n) is 10.7. The van der Waals surface area contributed by atoms with Gasteiger partial charge in [0, 0.05) is 30.5 Å². The van der Waals surface area contributed by atoms with Gasteiger partial charge in [0.25, 0.3) is 0 Å². The van der Waals surface area contributed by atoms with E-state index < -0.39 is 11.6 Å². The maximum atomic E-state index is 12.3. The maximum absolute atomic E-state index is 12.3. The van der Waals surface area contributed by atoms with Crippen molar-refractivity contribution in [3.63, 3.8) is 0 Å². The van der Waals surface area contributed by atoms with Crippen LogP contribution in [0.5, 0.6) is 11.8 Å². The summed E-state index contributed by atoms with van der Waals surface area (Å²) in [6.45, 7) is 10.3. The molecule has 7 heteroatoms. The van der Waals surface area contributed by atoms with Crippen LogP contribution in [0.1, 0.15) is 49.4 Å². The standard InChI is InChI=1S/C24H30N2O5/c1-14(2)15-7-5-8-16(11-15)24(3,4)25-23(29)30-10-6-9-26-21(27)17-12-19-20(31-19)13-18(17)22(26)28/h5,7-8,11,19-20,27-28H,1,6,9-10,12-13H2,2-4H3,(H,25,29). The summed E-state index contributed by atoms with van der Waals surface area (Å²) in [5.74, 6) is 0.175. The van der Waals surface area contributed by atoms with Crippen LogP contribution in [-0.4, -0.2) is 39.7 Å². The summed E-state index contributed by atoms with van der Waals surface area (Å²) < 4.78 is 12.3. The van der Waals surface area contributed by atoms with E-state index in [9.17, 15) is 15.0 Å². The van der Waals surface area contributed by atoms with Gasteiger partial charge in [-0.25, -0.2) is 4.79 Å². The number of hydrogen-bond acceptors (Lipinski definition) is 5. The van der Waals surface area contributed by atoms with Gasteiger partial charge in [0.1, 0.15) is 0 Å². The lowest BCUT2D eigenvalue weighted by Gasteiger charge is -2.27. The van der Waals surface area contributed by atoms with Gasteiger partial charge < -0.3 is 25.0 Å². The molecular weight excluding hydrogens is 396 g/mol. The lowest BCUT2D eigenvalue weighted by atomic mass is 9.92. The number of ether oxygens (including phenoxy) is 2. The highest BCUT2D eigenvalue weighted by atomic mass is 16.6. The second kappa shape index (κ2) is 7.96. The molecule has 7 nitrogen and oxygen atoms in total. The van der Waals surface area contributed by atoms with E-state index in [4.69, 9.17) is 9.47 Å². The molecule has 1 aromatic heterocycles. The Hall–Kier alpha value is -2.93. The van der Waals surface area contributed by atoms with Crippen molar-refractivity contribution in [1.29, 1.82) is 0 Å². The molecule has 2 aliphatic rings. The third-order valence-electron chi connectivity index (χ3n) is 6.16. The van der Waals surface area contributed by atoms with Crippen LogP contribution in [0.15, 0.2) is 30.8 Å². The molecule has 1 amide bonds. The third kappa shape index (κ3) is 4.28. The van der Waals surface area contributed by atoms with Crippen molar-refractivity contribution in [2.45, 2.75) is 64.3 Å². The zero-order valence-electron chi connectivity index (χ0n) is 18.3. The highest BCUT2D eigenvalue weighted by Crippen LogP contribution is 2.45. The number of fused-ring (bicyclic) bond motifs is 2. The number of rotatable bonds is 7. The SMILES string of the molecule is C=C(C)c1cccc(C(C)(C)NC(=O)OCCCn2c(O)c3c(c2O)CC2OC2C3)c1. The van der Waals surface area contributed by atoms with Crippen molar-refractivity contribution in [1.82, 2.24) is 9.88 Å². The highest BCUT2D eigenvalue weighted by molar-refractivity contribution is 5.69. The van der Waals surface area contributed by atoms with Gasteiger partial charge in [-0.15, -0.1) is 0 Å². The minimum absolute atomic E-state index is 0.0874. The quantitative estimate of drug-likeness (QED) is 0.462. The molecule has 0 radical (unpaired) electrons. The van der Waals surface area contributed by atoms with E-state index in [0.29, 0.717) is 25.8 Å². The van der Waals surface area contributed by atoms with Crippen molar-refractivity contribution in [2.75, 3.05) is 6.61 Å². The van der Waals surface area contributed by atoms with Crippen molar-refractivity contribution < 1.29 is 24.5 Å². The van der Waals surface area contributed by atoms with E-state index in [-0.39, 0.29) is 30.6 Å². The molecule has 2 unspecified atom stereocenters. The molecule has 166 valence electrons. The second-order valence-corrected chi connectivity index (χ2v) is 8.98. The van der Waals surface area contributed by atoms with Gasteiger partial charge in [-0.2, -0.15) is 0 Å². The number of hydrogen-bond donors (Lipinski definition) is 3. The van der Waals surface area contributed by atoms with Crippen molar-refractivity contribution in [3.05, 3.63) is 53.1 Å². The fraction of sp³-hybridized carbons (Fsp3) is 0.458. The zero-order chi connectivity index (χ0) is 22.3. The first-order valence-corrected chi connectivity index (χ1v) is 10.7. The topological polar surface area (TPSA) is 96.2 Å². The predicted octanol–water partition coefficient (Wildman–Crippen LogP) is 3.85. The van der Waals surface area contributed by atoms with Crippen LogP contribution in [0.3, 0.4) is 0 Å². The summed E-state index contributed by atoms with van der Waals surface area (Å²) in [5.41, 5.74) is 3.88. The minimum atomic E-state index is -0.610. The Balaban J connectivity index is 1.29. The normalized spacial score (nSPS) is 19.3. The molecule has 1 aliphatic heterocycles. The molecule has 31 heavy (non-hydrogen) atoms. The zero-order valence-corrected chi connectivity index (χ0v) is 18.3. The summed E-state index contributed by atoms with van der Waals surface area (Å²) in [7, 11) is 0. The van der Waals surface area contributed by atoms with E-state index in [1.54, 1.807) is 0 Å². The van der Waals surface area contributed by atoms with Crippen LogP contribution in [0.4, 0.5) is 4.79 Å². The monoisotopic (exact) mass is 426 g/mol. The molecule has 4 rings (SSSR count). The smallest absolute Gasteiger partial charge is 0.407 e. The van der Waals surface area contributed by atoms with E-state index in [0.717, 1.165) is 27.8 Å². The third-order valence-corrected chi connectivity index (χ3v) is 6.16. The molecule has 1 fully saturated rings. The number of aromatic hydroxyl groups is 2. The molecule has 1 aliphatic carbocycles. The average Bonchev–Trinajstić information content (AvgIpc) is 3.45. The van der Waals surface area contributed by atoms with Crippen LogP contribution in [0.25, 0.3) is 5.57 Å². The number of alkyl carbamates (subject to hydrolysis) is 1. The Morgan fingerprint density at radius 3 is 2.52 bits per heavy atom. The molecule has 3 N–H and O–H groups in total. The Labute approximate surface area is 182 Å². The van der Waals surface area contributed by atoms with Crippen molar-refractivity contribution >= 4 is 11.7 Å². The van der Waals surface area contributed by atoms with Crippen LogP contribution < -0.4 is 5.32 Å². The molecule has 2 atom stereocenters. The van der Waals surface area contributed by atoms with Crippen LogP contribution >= 0.6 is 0 Å². The molecule has 1 aromatic carbocycles. The Morgan fingerprint density at radius 1 is 1.26 bits per heavy atom. The predicted molar refractivity (Wildman–Crippen MR) is 117 cm³/mol. The Morgan fingerprint density at radius 2 is 1.90 bits per heavy atom. The minimum Gasteiger partial charge on any atom is -0.494 e. The van der Waals surface area contributed by atoms with Gasteiger partial charge in [0.15, 0.2) is 11.8 Å². The van der Waals surface area contributed by atoms with E-state index >= 15 is 0 Å². The summed E-state index contributed by atoms with van der Waals surface area (Å²) >= 11 is 0. The number of amides is 1. The van der Waals surface area contributed by atoms with Crippen LogP contribution in [0, 0.1) is 0 Å². The number of aromatic nitrogens is 1. The lowest BCUT2D eigenvalue weighted by Crippen LogP contribution is -2.41.